The second-order valence-corrected chi connectivity index (χ2v) is 7.58. The molecule has 0 radical (unpaired) electrons. The maximum absolute atomic E-state index is 13.0. The van der Waals surface area contributed by atoms with Crippen molar-refractivity contribution < 1.29 is 27.2 Å². The standard InChI is InChI=1S/C22H20F3N3O4/c1-14(28-17-7-2-3-8-18(17)32-21(28)31)19(29)26-9-11-27(12-10-26)20(30)15-5-4-6-16(13-15)22(23,24)25/h2-8,13-14H,9-12H2,1H3. The number of piperazine rings is 1. The summed E-state index contributed by atoms with van der Waals surface area (Å²) >= 11 is 0. The third kappa shape index (κ3) is 4.00. The second kappa shape index (κ2) is 8.18. The van der Waals surface area contributed by atoms with Gasteiger partial charge in [0, 0.05) is 31.7 Å². The molecule has 1 atom stereocenters. The number of nitrogens with zero attached hydrogens (tertiary/aromatic N) is 3. The fourth-order valence-corrected chi connectivity index (χ4v) is 3.87. The Kier molecular flexibility index (Phi) is 5.53. The van der Waals surface area contributed by atoms with E-state index in [0.29, 0.717) is 11.1 Å². The summed E-state index contributed by atoms with van der Waals surface area (Å²) in [5.41, 5.74) is -0.0430. The lowest BCUT2D eigenvalue weighted by molar-refractivity contribution is -0.138. The molecule has 4 rings (SSSR count). The summed E-state index contributed by atoms with van der Waals surface area (Å²) in [7, 11) is 0. The van der Waals surface area contributed by atoms with E-state index in [1.54, 1.807) is 31.2 Å². The van der Waals surface area contributed by atoms with Crippen molar-refractivity contribution >= 4 is 22.9 Å². The van der Waals surface area contributed by atoms with Crippen molar-refractivity contribution in [2.75, 3.05) is 26.2 Å². The van der Waals surface area contributed by atoms with E-state index in [-0.39, 0.29) is 37.6 Å². The minimum Gasteiger partial charge on any atom is -0.408 e. The number of aromatic nitrogens is 1. The van der Waals surface area contributed by atoms with E-state index in [1.807, 2.05) is 0 Å². The van der Waals surface area contributed by atoms with Gasteiger partial charge in [0.15, 0.2) is 5.58 Å². The first kappa shape index (κ1) is 21.7. The topological polar surface area (TPSA) is 75.8 Å². The summed E-state index contributed by atoms with van der Waals surface area (Å²) in [4.78, 5) is 40.9. The van der Waals surface area contributed by atoms with Gasteiger partial charge in [-0.2, -0.15) is 13.2 Å². The highest BCUT2D eigenvalue weighted by atomic mass is 19.4. The molecule has 0 N–H and O–H groups in total. The Morgan fingerprint density at radius 3 is 2.31 bits per heavy atom. The molecule has 0 spiro atoms. The molecule has 168 valence electrons. The quantitative estimate of drug-likeness (QED) is 0.618. The zero-order valence-electron chi connectivity index (χ0n) is 17.1. The molecule has 0 saturated carbocycles. The Labute approximate surface area is 180 Å². The fourth-order valence-electron chi connectivity index (χ4n) is 3.87. The molecule has 0 bridgehead atoms. The van der Waals surface area contributed by atoms with Crippen molar-refractivity contribution in [3.05, 3.63) is 70.2 Å². The van der Waals surface area contributed by atoms with Crippen molar-refractivity contribution in [2.24, 2.45) is 0 Å². The first-order chi connectivity index (χ1) is 15.2. The van der Waals surface area contributed by atoms with Gasteiger partial charge in [-0.3, -0.25) is 14.2 Å². The van der Waals surface area contributed by atoms with Gasteiger partial charge in [-0.1, -0.05) is 18.2 Å². The number of benzene rings is 2. The van der Waals surface area contributed by atoms with Gasteiger partial charge in [0.25, 0.3) is 5.91 Å². The number of rotatable bonds is 3. The number of halogens is 3. The van der Waals surface area contributed by atoms with Gasteiger partial charge in [0.05, 0.1) is 11.1 Å². The van der Waals surface area contributed by atoms with Gasteiger partial charge in [-0.15, -0.1) is 0 Å². The van der Waals surface area contributed by atoms with Crippen LogP contribution in [0.2, 0.25) is 0 Å². The minimum absolute atomic E-state index is 0.0515. The number of carbonyl (C=O) groups is 2. The number of para-hydroxylation sites is 2. The van der Waals surface area contributed by atoms with Gasteiger partial charge in [-0.25, -0.2) is 4.79 Å². The van der Waals surface area contributed by atoms with E-state index in [4.69, 9.17) is 4.42 Å². The first-order valence-electron chi connectivity index (χ1n) is 10.0. The van der Waals surface area contributed by atoms with Gasteiger partial charge < -0.3 is 14.2 Å². The van der Waals surface area contributed by atoms with E-state index < -0.39 is 29.4 Å². The third-order valence-corrected chi connectivity index (χ3v) is 5.58. The molecule has 1 aromatic heterocycles. The van der Waals surface area contributed by atoms with E-state index in [2.05, 4.69) is 0 Å². The van der Waals surface area contributed by atoms with E-state index in [0.717, 1.165) is 12.1 Å². The Morgan fingerprint density at radius 2 is 1.62 bits per heavy atom. The lowest BCUT2D eigenvalue weighted by Gasteiger charge is -2.36. The predicted molar refractivity (Wildman–Crippen MR) is 109 cm³/mol. The molecule has 2 heterocycles. The zero-order chi connectivity index (χ0) is 23.0. The minimum atomic E-state index is -4.53. The maximum Gasteiger partial charge on any atom is 0.420 e. The van der Waals surface area contributed by atoms with Crippen LogP contribution < -0.4 is 5.76 Å². The normalized spacial score (nSPS) is 15.8. The largest absolute Gasteiger partial charge is 0.420 e. The number of fused-ring (bicyclic) bond motifs is 1. The number of hydrogen-bond acceptors (Lipinski definition) is 4. The average molecular weight is 447 g/mol. The van der Waals surface area contributed by atoms with Gasteiger partial charge >= 0.3 is 11.9 Å². The zero-order valence-corrected chi connectivity index (χ0v) is 17.1. The SMILES string of the molecule is CC(C(=O)N1CCN(C(=O)c2cccc(C(F)(F)F)c2)CC1)n1c(=O)oc2ccccc21. The average Bonchev–Trinajstić information content (AvgIpc) is 3.13. The molecule has 1 aliphatic heterocycles. The monoisotopic (exact) mass is 447 g/mol. The van der Waals surface area contributed by atoms with Crippen LogP contribution in [0.4, 0.5) is 13.2 Å². The van der Waals surface area contributed by atoms with Crippen molar-refractivity contribution in [2.45, 2.75) is 19.1 Å². The van der Waals surface area contributed by atoms with E-state index >= 15 is 0 Å². The second-order valence-electron chi connectivity index (χ2n) is 7.58. The molecule has 2 aromatic carbocycles. The first-order valence-corrected chi connectivity index (χ1v) is 10.0. The molecule has 1 unspecified atom stereocenters. The molecular formula is C22H20F3N3O4. The van der Waals surface area contributed by atoms with Crippen molar-refractivity contribution in [1.82, 2.24) is 14.4 Å². The molecule has 1 saturated heterocycles. The summed E-state index contributed by atoms with van der Waals surface area (Å²) in [5, 5.41) is 0. The number of oxazole rings is 1. The smallest absolute Gasteiger partial charge is 0.408 e. The highest BCUT2D eigenvalue weighted by Crippen LogP contribution is 2.30. The van der Waals surface area contributed by atoms with Crippen LogP contribution in [0.15, 0.2) is 57.7 Å². The Balaban J connectivity index is 1.44. The van der Waals surface area contributed by atoms with Crippen molar-refractivity contribution in [3.63, 3.8) is 0 Å². The molecular weight excluding hydrogens is 427 g/mol. The van der Waals surface area contributed by atoms with Crippen molar-refractivity contribution in [3.8, 4) is 0 Å². The van der Waals surface area contributed by atoms with Crippen LogP contribution in [0, 0.1) is 0 Å². The molecule has 1 fully saturated rings. The van der Waals surface area contributed by atoms with Crippen LogP contribution in [-0.4, -0.2) is 52.4 Å². The number of amides is 2. The Morgan fingerprint density at radius 1 is 0.969 bits per heavy atom. The van der Waals surface area contributed by atoms with Crippen LogP contribution in [0.1, 0.15) is 28.9 Å². The summed E-state index contributed by atoms with van der Waals surface area (Å²) in [6, 6.07) is 10.3. The molecule has 32 heavy (non-hydrogen) atoms. The van der Waals surface area contributed by atoms with Crippen LogP contribution in [0.5, 0.6) is 0 Å². The maximum atomic E-state index is 13.0. The van der Waals surface area contributed by atoms with Crippen LogP contribution >= 0.6 is 0 Å². The molecule has 3 aromatic rings. The van der Waals surface area contributed by atoms with Crippen LogP contribution in [0.3, 0.4) is 0 Å². The Bertz CT molecular complexity index is 1220. The highest BCUT2D eigenvalue weighted by Gasteiger charge is 2.33. The van der Waals surface area contributed by atoms with Gasteiger partial charge in [0.1, 0.15) is 6.04 Å². The molecule has 10 heteroatoms. The third-order valence-electron chi connectivity index (χ3n) is 5.58. The predicted octanol–water partition coefficient (Wildman–Crippen LogP) is 3.16. The van der Waals surface area contributed by atoms with Crippen molar-refractivity contribution in [1.29, 1.82) is 0 Å². The highest BCUT2D eigenvalue weighted by molar-refractivity contribution is 5.94. The van der Waals surface area contributed by atoms with Crippen LogP contribution in [-0.2, 0) is 11.0 Å². The lowest BCUT2D eigenvalue weighted by atomic mass is 10.1. The number of hydrogen-bond donors (Lipinski definition) is 0. The summed E-state index contributed by atoms with van der Waals surface area (Å²) in [6.45, 7) is 2.37. The molecule has 7 nitrogen and oxygen atoms in total. The van der Waals surface area contributed by atoms with E-state index in [9.17, 15) is 27.6 Å². The summed E-state index contributed by atoms with van der Waals surface area (Å²) in [5.74, 6) is -1.46. The fraction of sp³-hybridized carbons (Fsp3) is 0.318. The number of carbonyl (C=O) groups excluding carboxylic acids is 2. The molecule has 2 amide bonds. The number of alkyl halides is 3. The summed E-state index contributed by atoms with van der Waals surface area (Å²) < 4.78 is 45.3. The lowest BCUT2D eigenvalue weighted by Crippen LogP contribution is -2.52. The molecule has 1 aliphatic rings. The molecule has 0 aliphatic carbocycles. The van der Waals surface area contributed by atoms with E-state index in [1.165, 1.54) is 26.5 Å². The van der Waals surface area contributed by atoms with Gasteiger partial charge in [0.2, 0.25) is 5.91 Å². The van der Waals surface area contributed by atoms with Gasteiger partial charge in [-0.05, 0) is 37.3 Å². The summed E-state index contributed by atoms with van der Waals surface area (Å²) in [6.07, 6.45) is -4.53. The Hall–Kier alpha value is -3.56. The van der Waals surface area contributed by atoms with Crippen LogP contribution in [0.25, 0.3) is 11.1 Å².